The fourth-order valence-electron chi connectivity index (χ4n) is 4.31. The van der Waals surface area contributed by atoms with Crippen molar-refractivity contribution >= 4 is 5.91 Å². The van der Waals surface area contributed by atoms with Crippen molar-refractivity contribution < 1.29 is 9.21 Å². The van der Waals surface area contributed by atoms with E-state index in [1.54, 1.807) is 0 Å². The fourth-order valence-corrected chi connectivity index (χ4v) is 4.31. The first kappa shape index (κ1) is 20.0. The molecule has 7 nitrogen and oxygen atoms in total. The predicted octanol–water partition coefficient (Wildman–Crippen LogP) is 2.79. The van der Waals surface area contributed by atoms with E-state index >= 15 is 0 Å². The molecule has 0 bridgehead atoms. The summed E-state index contributed by atoms with van der Waals surface area (Å²) in [6.07, 6.45) is 9.25. The normalized spacial score (nSPS) is 19.3. The Balaban J connectivity index is 1.26. The third kappa shape index (κ3) is 5.22. The van der Waals surface area contributed by atoms with Gasteiger partial charge in [0.1, 0.15) is 6.26 Å². The van der Waals surface area contributed by atoms with E-state index < -0.39 is 0 Å². The largest absolute Gasteiger partial charge is 0.447 e. The second kappa shape index (κ2) is 9.50. The molecule has 1 saturated carbocycles. The van der Waals surface area contributed by atoms with Crippen LogP contribution < -0.4 is 0 Å². The second-order valence-corrected chi connectivity index (χ2v) is 8.21. The first-order valence-electron chi connectivity index (χ1n) is 10.8. The van der Waals surface area contributed by atoms with E-state index in [9.17, 15) is 4.79 Å². The van der Waals surface area contributed by atoms with Gasteiger partial charge in [-0.25, -0.2) is 4.98 Å². The lowest BCUT2D eigenvalue weighted by molar-refractivity contribution is 0.0690. The van der Waals surface area contributed by atoms with Gasteiger partial charge in [0.2, 0.25) is 5.89 Å². The summed E-state index contributed by atoms with van der Waals surface area (Å²) in [4.78, 5) is 28.2. The Kier molecular flexibility index (Phi) is 6.56. The average molecular weight is 398 g/mol. The number of aromatic nitrogens is 2. The summed E-state index contributed by atoms with van der Waals surface area (Å²) in [7, 11) is 1.90. The van der Waals surface area contributed by atoms with Crippen molar-refractivity contribution in [2.24, 2.45) is 0 Å². The Bertz CT molecular complexity index is 780. The summed E-state index contributed by atoms with van der Waals surface area (Å²) < 4.78 is 5.62. The van der Waals surface area contributed by atoms with Crippen LogP contribution in [0.2, 0.25) is 0 Å². The highest BCUT2D eigenvalue weighted by Crippen LogP contribution is 2.23. The Morgan fingerprint density at radius 1 is 1.10 bits per heavy atom. The van der Waals surface area contributed by atoms with Crippen LogP contribution in [0.3, 0.4) is 0 Å². The summed E-state index contributed by atoms with van der Waals surface area (Å²) >= 11 is 0. The molecule has 0 unspecified atom stereocenters. The molecule has 1 aliphatic heterocycles. The minimum Gasteiger partial charge on any atom is -0.447 e. The van der Waals surface area contributed by atoms with Gasteiger partial charge in [-0.1, -0.05) is 25.3 Å². The topological polar surface area (TPSA) is 65.7 Å². The highest BCUT2D eigenvalue weighted by atomic mass is 16.3. The summed E-state index contributed by atoms with van der Waals surface area (Å²) in [5.41, 5.74) is 1.54. The van der Waals surface area contributed by atoms with E-state index in [0.29, 0.717) is 24.2 Å². The van der Waals surface area contributed by atoms with Crippen LogP contribution in [-0.4, -0.2) is 69.8 Å². The Labute approximate surface area is 172 Å². The maximum Gasteiger partial charge on any atom is 0.275 e. The zero-order valence-electron chi connectivity index (χ0n) is 17.3. The summed E-state index contributed by atoms with van der Waals surface area (Å²) in [6, 6.07) is 6.39. The number of piperazine rings is 1. The van der Waals surface area contributed by atoms with Gasteiger partial charge in [-0.15, -0.1) is 0 Å². The third-order valence-corrected chi connectivity index (χ3v) is 6.15. The SMILES string of the molecule is CN(C(=O)c1coc(CN2CCN(Cc3ccccn3)CC2)n1)C1CCCCC1. The molecule has 1 amide bonds. The summed E-state index contributed by atoms with van der Waals surface area (Å²) in [5, 5.41) is 0. The van der Waals surface area contributed by atoms with Crippen LogP contribution in [0.1, 0.15) is 54.2 Å². The van der Waals surface area contributed by atoms with Crippen molar-refractivity contribution in [1.82, 2.24) is 24.7 Å². The quantitative estimate of drug-likeness (QED) is 0.747. The lowest BCUT2D eigenvalue weighted by Crippen LogP contribution is -2.45. The molecule has 2 aromatic heterocycles. The molecular formula is C22H31N5O2. The molecule has 2 fully saturated rings. The Morgan fingerprint density at radius 2 is 1.83 bits per heavy atom. The number of nitrogens with zero attached hydrogens (tertiary/aromatic N) is 5. The zero-order valence-corrected chi connectivity index (χ0v) is 17.3. The van der Waals surface area contributed by atoms with E-state index in [2.05, 4.69) is 25.8 Å². The molecule has 7 heteroatoms. The predicted molar refractivity (Wildman–Crippen MR) is 110 cm³/mol. The highest BCUT2D eigenvalue weighted by Gasteiger charge is 2.26. The number of carbonyl (C=O) groups excluding carboxylic acids is 1. The molecule has 2 aliphatic rings. The number of hydrogen-bond acceptors (Lipinski definition) is 6. The van der Waals surface area contributed by atoms with Gasteiger partial charge in [-0.2, -0.15) is 0 Å². The summed E-state index contributed by atoms with van der Waals surface area (Å²) in [6.45, 7) is 5.44. The molecule has 156 valence electrons. The van der Waals surface area contributed by atoms with Crippen molar-refractivity contribution in [3.05, 3.63) is 47.9 Å². The molecule has 0 radical (unpaired) electrons. The fraction of sp³-hybridized carbons (Fsp3) is 0.591. The minimum atomic E-state index is -0.0212. The van der Waals surface area contributed by atoms with Gasteiger partial charge in [0.15, 0.2) is 5.69 Å². The van der Waals surface area contributed by atoms with Crippen LogP contribution in [0.15, 0.2) is 35.1 Å². The molecule has 2 aromatic rings. The number of carbonyl (C=O) groups is 1. The third-order valence-electron chi connectivity index (χ3n) is 6.15. The second-order valence-electron chi connectivity index (χ2n) is 8.21. The van der Waals surface area contributed by atoms with E-state index in [4.69, 9.17) is 4.42 Å². The molecule has 0 N–H and O–H groups in total. The lowest BCUT2D eigenvalue weighted by Gasteiger charge is -2.33. The molecular weight excluding hydrogens is 366 g/mol. The molecule has 29 heavy (non-hydrogen) atoms. The Hall–Kier alpha value is -2.25. The molecule has 0 spiro atoms. The van der Waals surface area contributed by atoms with Gasteiger partial charge in [0, 0.05) is 52.0 Å². The van der Waals surface area contributed by atoms with Gasteiger partial charge in [-0.3, -0.25) is 19.6 Å². The van der Waals surface area contributed by atoms with E-state index in [-0.39, 0.29) is 5.91 Å². The van der Waals surface area contributed by atoms with Crippen LogP contribution >= 0.6 is 0 Å². The maximum absolute atomic E-state index is 12.7. The van der Waals surface area contributed by atoms with Gasteiger partial charge >= 0.3 is 0 Å². The van der Waals surface area contributed by atoms with Crippen LogP contribution in [0, 0.1) is 0 Å². The van der Waals surface area contributed by atoms with Crippen molar-refractivity contribution in [2.75, 3.05) is 33.2 Å². The number of rotatable bonds is 6. The molecule has 3 heterocycles. The number of pyridine rings is 1. The average Bonchev–Trinajstić information content (AvgIpc) is 3.24. The first-order chi connectivity index (χ1) is 14.2. The molecule has 1 aliphatic carbocycles. The van der Waals surface area contributed by atoms with Crippen molar-refractivity contribution in [3.8, 4) is 0 Å². The van der Waals surface area contributed by atoms with Gasteiger partial charge in [-0.05, 0) is 25.0 Å². The van der Waals surface area contributed by atoms with Gasteiger partial charge < -0.3 is 9.32 Å². The molecule has 0 atom stereocenters. The monoisotopic (exact) mass is 397 g/mol. The maximum atomic E-state index is 12.7. The summed E-state index contributed by atoms with van der Waals surface area (Å²) in [5.74, 6) is 0.607. The zero-order chi connectivity index (χ0) is 20.1. The van der Waals surface area contributed by atoms with Crippen LogP contribution in [0.25, 0.3) is 0 Å². The lowest BCUT2D eigenvalue weighted by atomic mass is 9.94. The Morgan fingerprint density at radius 3 is 2.52 bits per heavy atom. The highest BCUT2D eigenvalue weighted by molar-refractivity contribution is 5.92. The first-order valence-corrected chi connectivity index (χ1v) is 10.8. The van der Waals surface area contributed by atoms with Crippen molar-refractivity contribution in [1.29, 1.82) is 0 Å². The molecule has 0 aromatic carbocycles. The van der Waals surface area contributed by atoms with Crippen molar-refractivity contribution in [2.45, 2.75) is 51.2 Å². The van der Waals surface area contributed by atoms with Crippen molar-refractivity contribution in [3.63, 3.8) is 0 Å². The van der Waals surface area contributed by atoms with E-state index in [0.717, 1.165) is 51.3 Å². The van der Waals surface area contributed by atoms with Crippen LogP contribution in [0.4, 0.5) is 0 Å². The molecule has 1 saturated heterocycles. The van der Waals surface area contributed by atoms with Crippen LogP contribution in [0.5, 0.6) is 0 Å². The molecule has 4 rings (SSSR count). The van der Waals surface area contributed by atoms with E-state index in [1.807, 2.05) is 30.3 Å². The van der Waals surface area contributed by atoms with Gasteiger partial charge in [0.25, 0.3) is 5.91 Å². The van der Waals surface area contributed by atoms with Gasteiger partial charge in [0.05, 0.1) is 12.2 Å². The smallest absolute Gasteiger partial charge is 0.275 e. The number of hydrogen-bond donors (Lipinski definition) is 0. The van der Waals surface area contributed by atoms with E-state index in [1.165, 1.54) is 25.5 Å². The number of amides is 1. The standard InChI is InChI=1S/C22H31N5O2/c1-25(19-8-3-2-4-9-19)22(28)20-17-29-21(24-20)16-27-13-11-26(12-14-27)15-18-7-5-6-10-23-18/h5-7,10,17,19H,2-4,8-9,11-16H2,1H3. The minimum absolute atomic E-state index is 0.0212. The van der Waals surface area contributed by atoms with Crippen LogP contribution in [-0.2, 0) is 13.1 Å². The number of oxazole rings is 1.